The number of nitrogens with zero attached hydrogens (tertiary/aromatic N) is 1. The molecule has 0 radical (unpaired) electrons. The lowest BCUT2D eigenvalue weighted by atomic mass is 10.2. The van der Waals surface area contributed by atoms with Gasteiger partial charge in [-0.25, -0.2) is 0 Å². The minimum absolute atomic E-state index is 0.739. The molecule has 88 valence electrons. The van der Waals surface area contributed by atoms with Crippen molar-refractivity contribution >= 4 is 5.96 Å². The van der Waals surface area contributed by atoms with Gasteiger partial charge in [0.1, 0.15) is 0 Å². The Morgan fingerprint density at radius 3 is 2.73 bits per heavy atom. The molecule has 4 heteroatoms. The maximum absolute atomic E-state index is 4.98. The topological polar surface area (TPSA) is 45.7 Å². The fraction of sp³-hybridized carbons (Fsp3) is 0.727. The first-order chi connectivity index (χ1) is 7.35. The minimum Gasteiger partial charge on any atom is -0.385 e. The van der Waals surface area contributed by atoms with E-state index in [9.17, 15) is 0 Å². The van der Waals surface area contributed by atoms with Crippen molar-refractivity contribution in [3.8, 4) is 0 Å². The predicted octanol–water partition coefficient (Wildman–Crippen LogP) is 1.15. The summed E-state index contributed by atoms with van der Waals surface area (Å²) < 4.78 is 4.98. The van der Waals surface area contributed by atoms with E-state index >= 15 is 0 Å². The summed E-state index contributed by atoms with van der Waals surface area (Å²) in [7, 11) is 3.50. The average Bonchev–Trinajstić information content (AvgIpc) is 2.27. The second-order valence-corrected chi connectivity index (χ2v) is 3.22. The number of methoxy groups -OCH3 is 1. The van der Waals surface area contributed by atoms with Crippen LogP contribution in [0.5, 0.6) is 0 Å². The van der Waals surface area contributed by atoms with Gasteiger partial charge in [0.05, 0.1) is 0 Å². The third-order valence-corrected chi connectivity index (χ3v) is 1.96. The standard InChI is InChI=1S/C11H23N3O/c1-4-8-13-11(12-2)14-9-6-5-7-10-15-3/h4H,1,5-10H2,2-3H3,(H2,12,13,14). The highest BCUT2D eigenvalue weighted by molar-refractivity contribution is 5.79. The Kier molecular flexibility index (Phi) is 10.3. The summed E-state index contributed by atoms with van der Waals surface area (Å²) in [5.41, 5.74) is 0. The molecule has 0 saturated heterocycles. The first kappa shape index (κ1) is 14.0. The third kappa shape index (κ3) is 9.28. The summed E-state index contributed by atoms with van der Waals surface area (Å²) >= 11 is 0. The van der Waals surface area contributed by atoms with Gasteiger partial charge in [0.2, 0.25) is 0 Å². The molecule has 0 aromatic heterocycles. The van der Waals surface area contributed by atoms with Crippen LogP contribution >= 0.6 is 0 Å². The number of hydrogen-bond acceptors (Lipinski definition) is 2. The van der Waals surface area contributed by atoms with Crippen molar-refractivity contribution in [2.45, 2.75) is 19.3 Å². The van der Waals surface area contributed by atoms with Crippen molar-refractivity contribution in [1.82, 2.24) is 10.6 Å². The van der Waals surface area contributed by atoms with Crippen LogP contribution in [0, 0.1) is 0 Å². The van der Waals surface area contributed by atoms with Gasteiger partial charge in [-0.15, -0.1) is 6.58 Å². The molecule has 0 aliphatic carbocycles. The van der Waals surface area contributed by atoms with Crippen LogP contribution in [0.3, 0.4) is 0 Å². The second kappa shape index (κ2) is 11.0. The van der Waals surface area contributed by atoms with Crippen LogP contribution in [-0.4, -0.2) is 39.8 Å². The van der Waals surface area contributed by atoms with E-state index < -0.39 is 0 Å². The number of unbranched alkanes of at least 4 members (excludes halogenated alkanes) is 2. The summed E-state index contributed by atoms with van der Waals surface area (Å²) in [6.45, 7) is 6.17. The van der Waals surface area contributed by atoms with Crippen molar-refractivity contribution in [2.24, 2.45) is 4.99 Å². The predicted molar refractivity (Wildman–Crippen MR) is 65.3 cm³/mol. The van der Waals surface area contributed by atoms with E-state index in [0.717, 1.165) is 38.5 Å². The Bertz CT molecular complexity index is 181. The van der Waals surface area contributed by atoms with Crippen molar-refractivity contribution in [3.05, 3.63) is 12.7 Å². The van der Waals surface area contributed by atoms with E-state index in [-0.39, 0.29) is 0 Å². The van der Waals surface area contributed by atoms with Gasteiger partial charge in [0, 0.05) is 33.9 Å². The largest absolute Gasteiger partial charge is 0.385 e. The molecular weight excluding hydrogens is 190 g/mol. The fourth-order valence-corrected chi connectivity index (χ4v) is 1.14. The molecule has 0 bridgehead atoms. The highest BCUT2D eigenvalue weighted by Gasteiger charge is 1.94. The zero-order valence-electron chi connectivity index (χ0n) is 9.88. The van der Waals surface area contributed by atoms with Crippen LogP contribution in [-0.2, 0) is 4.74 Å². The quantitative estimate of drug-likeness (QED) is 0.275. The van der Waals surface area contributed by atoms with Crippen molar-refractivity contribution in [3.63, 3.8) is 0 Å². The lowest BCUT2D eigenvalue weighted by Gasteiger charge is -2.09. The summed E-state index contributed by atoms with van der Waals surface area (Å²) in [6.07, 6.45) is 5.25. The normalized spacial score (nSPS) is 11.2. The number of hydrogen-bond donors (Lipinski definition) is 2. The third-order valence-electron chi connectivity index (χ3n) is 1.96. The molecule has 2 N–H and O–H groups in total. The highest BCUT2D eigenvalue weighted by Crippen LogP contribution is 1.93. The van der Waals surface area contributed by atoms with E-state index in [2.05, 4.69) is 22.2 Å². The molecular formula is C11H23N3O. The number of ether oxygens (including phenoxy) is 1. The second-order valence-electron chi connectivity index (χ2n) is 3.22. The summed E-state index contributed by atoms with van der Waals surface area (Å²) in [4.78, 5) is 4.08. The molecule has 0 fully saturated rings. The Hall–Kier alpha value is -1.03. The molecule has 0 aliphatic rings. The lowest BCUT2D eigenvalue weighted by molar-refractivity contribution is 0.192. The van der Waals surface area contributed by atoms with Crippen LogP contribution in [0.4, 0.5) is 0 Å². The molecule has 0 amide bonds. The van der Waals surface area contributed by atoms with Gasteiger partial charge in [-0.05, 0) is 19.3 Å². The molecule has 0 unspecified atom stereocenters. The highest BCUT2D eigenvalue weighted by atomic mass is 16.5. The van der Waals surface area contributed by atoms with E-state index in [4.69, 9.17) is 4.74 Å². The van der Waals surface area contributed by atoms with Crippen LogP contribution < -0.4 is 10.6 Å². The zero-order chi connectivity index (χ0) is 11.4. The Balaban J connectivity index is 3.35. The Morgan fingerprint density at radius 1 is 1.33 bits per heavy atom. The number of aliphatic imine (C=N–C) groups is 1. The molecule has 0 rings (SSSR count). The van der Waals surface area contributed by atoms with Crippen LogP contribution in [0.2, 0.25) is 0 Å². The molecule has 0 aromatic rings. The monoisotopic (exact) mass is 213 g/mol. The van der Waals surface area contributed by atoms with E-state index in [1.807, 2.05) is 6.08 Å². The fourth-order valence-electron chi connectivity index (χ4n) is 1.14. The van der Waals surface area contributed by atoms with Gasteiger partial charge >= 0.3 is 0 Å². The van der Waals surface area contributed by atoms with Crippen molar-refractivity contribution in [1.29, 1.82) is 0 Å². The Labute approximate surface area is 92.8 Å². The average molecular weight is 213 g/mol. The van der Waals surface area contributed by atoms with E-state index in [1.165, 1.54) is 6.42 Å². The Morgan fingerprint density at radius 2 is 2.13 bits per heavy atom. The first-order valence-corrected chi connectivity index (χ1v) is 5.39. The van der Waals surface area contributed by atoms with E-state index in [1.54, 1.807) is 14.2 Å². The molecule has 4 nitrogen and oxygen atoms in total. The van der Waals surface area contributed by atoms with Crippen molar-refractivity contribution < 1.29 is 4.74 Å². The summed E-state index contributed by atoms with van der Waals surface area (Å²) in [6, 6.07) is 0. The van der Waals surface area contributed by atoms with Gasteiger partial charge in [-0.1, -0.05) is 6.08 Å². The molecule has 0 saturated carbocycles. The van der Waals surface area contributed by atoms with Crippen LogP contribution in [0.25, 0.3) is 0 Å². The SMILES string of the molecule is C=CCNC(=NC)NCCCCCOC. The van der Waals surface area contributed by atoms with Crippen LogP contribution in [0.15, 0.2) is 17.6 Å². The number of rotatable bonds is 8. The van der Waals surface area contributed by atoms with Gasteiger partial charge in [0.15, 0.2) is 5.96 Å². The van der Waals surface area contributed by atoms with Gasteiger partial charge in [-0.3, -0.25) is 4.99 Å². The summed E-state index contributed by atoms with van der Waals surface area (Å²) in [5.74, 6) is 0.835. The van der Waals surface area contributed by atoms with Gasteiger partial charge < -0.3 is 15.4 Å². The number of guanidine groups is 1. The molecule has 0 atom stereocenters. The lowest BCUT2D eigenvalue weighted by Crippen LogP contribution is -2.37. The van der Waals surface area contributed by atoms with Crippen LogP contribution in [0.1, 0.15) is 19.3 Å². The van der Waals surface area contributed by atoms with Crippen molar-refractivity contribution in [2.75, 3.05) is 33.9 Å². The maximum atomic E-state index is 4.98. The molecule has 15 heavy (non-hydrogen) atoms. The first-order valence-electron chi connectivity index (χ1n) is 5.39. The zero-order valence-corrected chi connectivity index (χ0v) is 9.88. The van der Waals surface area contributed by atoms with Gasteiger partial charge in [0.25, 0.3) is 0 Å². The van der Waals surface area contributed by atoms with E-state index in [0.29, 0.717) is 0 Å². The summed E-state index contributed by atoms with van der Waals surface area (Å²) in [5, 5.41) is 6.35. The maximum Gasteiger partial charge on any atom is 0.191 e. The molecule has 0 aromatic carbocycles. The molecule has 0 spiro atoms. The number of nitrogens with one attached hydrogen (secondary N) is 2. The molecule has 0 heterocycles. The van der Waals surface area contributed by atoms with Gasteiger partial charge in [-0.2, -0.15) is 0 Å². The molecule has 0 aliphatic heterocycles. The minimum atomic E-state index is 0.739. The smallest absolute Gasteiger partial charge is 0.191 e.